The fourth-order valence-corrected chi connectivity index (χ4v) is 2.36. The van der Waals surface area contributed by atoms with E-state index < -0.39 is 0 Å². The van der Waals surface area contributed by atoms with Crippen LogP contribution in [0.15, 0.2) is 42.5 Å². The van der Waals surface area contributed by atoms with Gasteiger partial charge in [-0.1, -0.05) is 42.5 Å². The van der Waals surface area contributed by atoms with E-state index in [0.29, 0.717) is 12.6 Å². The Morgan fingerprint density at radius 1 is 1.33 bits per heavy atom. The van der Waals surface area contributed by atoms with Crippen molar-refractivity contribution in [1.82, 2.24) is 5.32 Å². The highest BCUT2D eigenvalue weighted by atomic mass is 16.5. The van der Waals surface area contributed by atoms with E-state index >= 15 is 0 Å². The van der Waals surface area contributed by atoms with Gasteiger partial charge in [0.1, 0.15) is 0 Å². The van der Waals surface area contributed by atoms with Gasteiger partial charge in [0.15, 0.2) is 0 Å². The molecule has 1 aromatic rings. The minimum absolute atomic E-state index is 0.670. The lowest BCUT2D eigenvalue weighted by atomic mass is 9.76. The smallest absolute Gasteiger partial charge is 0.0672 e. The summed E-state index contributed by atoms with van der Waals surface area (Å²) in [4.78, 5) is 0. The van der Waals surface area contributed by atoms with Gasteiger partial charge in [-0.25, -0.2) is 0 Å². The summed E-state index contributed by atoms with van der Waals surface area (Å²) >= 11 is 0. The summed E-state index contributed by atoms with van der Waals surface area (Å²) in [5.41, 5.74) is 2.57. The molecule has 0 heterocycles. The van der Waals surface area contributed by atoms with Crippen LogP contribution in [0.4, 0.5) is 0 Å². The second kappa shape index (κ2) is 6.72. The first kappa shape index (κ1) is 13.3. The van der Waals surface area contributed by atoms with E-state index in [4.69, 9.17) is 4.74 Å². The highest BCUT2D eigenvalue weighted by Gasteiger charge is 2.29. The van der Waals surface area contributed by atoms with Crippen molar-refractivity contribution < 1.29 is 4.74 Å². The van der Waals surface area contributed by atoms with Gasteiger partial charge >= 0.3 is 0 Å². The largest absolute Gasteiger partial charge is 0.376 e. The first-order valence-electron chi connectivity index (χ1n) is 6.76. The first-order chi connectivity index (χ1) is 8.75. The lowest BCUT2D eigenvalue weighted by Crippen LogP contribution is -2.41. The lowest BCUT2D eigenvalue weighted by Gasteiger charge is -2.36. The molecule has 1 N–H and O–H groups in total. The lowest BCUT2D eigenvalue weighted by molar-refractivity contribution is 0.148. The Hall–Kier alpha value is -1.12. The molecule has 1 aliphatic carbocycles. The predicted octanol–water partition coefficient (Wildman–Crippen LogP) is 3.11. The van der Waals surface area contributed by atoms with Crippen molar-refractivity contribution in [2.45, 2.75) is 31.7 Å². The van der Waals surface area contributed by atoms with Crippen molar-refractivity contribution in [3.8, 4) is 0 Å². The molecule has 1 aromatic carbocycles. The van der Waals surface area contributed by atoms with Crippen LogP contribution in [0.2, 0.25) is 0 Å². The Bertz CT molecular complexity index is 368. The fourth-order valence-electron chi connectivity index (χ4n) is 2.36. The number of hydrogen-bond donors (Lipinski definition) is 1. The molecule has 1 fully saturated rings. The number of ether oxygens (including phenoxy) is 1. The Labute approximate surface area is 110 Å². The van der Waals surface area contributed by atoms with Crippen LogP contribution in [0.5, 0.6) is 0 Å². The zero-order valence-electron chi connectivity index (χ0n) is 11.2. The average Bonchev–Trinajstić information content (AvgIpc) is 2.32. The van der Waals surface area contributed by atoms with Crippen LogP contribution in [0.25, 0.3) is 0 Å². The Morgan fingerprint density at radius 2 is 2.06 bits per heavy atom. The molecule has 0 bridgehead atoms. The number of nitrogens with one attached hydrogen (secondary N) is 1. The van der Waals surface area contributed by atoms with Gasteiger partial charge in [0.2, 0.25) is 0 Å². The highest BCUT2D eigenvalue weighted by molar-refractivity contribution is 5.22. The Balaban J connectivity index is 1.55. The van der Waals surface area contributed by atoms with Crippen LogP contribution >= 0.6 is 0 Å². The summed E-state index contributed by atoms with van der Waals surface area (Å²) in [6.45, 7) is 8.20. The molecule has 18 heavy (non-hydrogen) atoms. The zero-order chi connectivity index (χ0) is 12.8. The fraction of sp³-hybridized carbons (Fsp3) is 0.500. The van der Waals surface area contributed by atoms with Gasteiger partial charge < -0.3 is 10.1 Å². The highest BCUT2D eigenvalue weighted by Crippen LogP contribution is 2.36. The number of rotatable bonds is 7. The van der Waals surface area contributed by atoms with Crippen LogP contribution < -0.4 is 5.32 Å². The van der Waals surface area contributed by atoms with Crippen molar-refractivity contribution in [2.75, 3.05) is 19.8 Å². The quantitative estimate of drug-likeness (QED) is 0.588. The third kappa shape index (κ3) is 3.97. The van der Waals surface area contributed by atoms with Gasteiger partial charge in [-0.3, -0.25) is 0 Å². The molecule has 1 saturated carbocycles. The van der Waals surface area contributed by atoms with Crippen molar-refractivity contribution >= 4 is 0 Å². The molecule has 0 aliphatic heterocycles. The van der Waals surface area contributed by atoms with Gasteiger partial charge in [0.25, 0.3) is 0 Å². The summed E-state index contributed by atoms with van der Waals surface area (Å²) in [7, 11) is 0. The molecule has 0 saturated heterocycles. The molecule has 0 unspecified atom stereocenters. The summed E-state index contributed by atoms with van der Waals surface area (Å²) < 4.78 is 5.46. The minimum Gasteiger partial charge on any atom is -0.376 e. The van der Waals surface area contributed by atoms with Crippen LogP contribution in [0.1, 0.15) is 31.2 Å². The minimum atomic E-state index is 0.670. The van der Waals surface area contributed by atoms with Crippen molar-refractivity contribution in [1.29, 1.82) is 0 Å². The Morgan fingerprint density at radius 3 is 2.72 bits per heavy atom. The van der Waals surface area contributed by atoms with Crippen LogP contribution in [0.3, 0.4) is 0 Å². The van der Waals surface area contributed by atoms with E-state index in [1.807, 2.05) is 6.92 Å². The van der Waals surface area contributed by atoms with Crippen LogP contribution in [-0.4, -0.2) is 25.8 Å². The molecule has 0 atom stereocenters. The van der Waals surface area contributed by atoms with E-state index in [-0.39, 0.29) is 0 Å². The Kier molecular flexibility index (Phi) is 4.97. The topological polar surface area (TPSA) is 21.3 Å². The third-order valence-corrected chi connectivity index (χ3v) is 3.44. The molecular weight excluding hydrogens is 222 g/mol. The molecule has 0 aromatic heterocycles. The van der Waals surface area contributed by atoms with E-state index in [2.05, 4.69) is 42.2 Å². The van der Waals surface area contributed by atoms with E-state index in [9.17, 15) is 0 Å². The monoisotopic (exact) mass is 245 g/mol. The van der Waals surface area contributed by atoms with E-state index in [1.165, 1.54) is 18.4 Å². The maximum absolute atomic E-state index is 5.46. The summed E-state index contributed by atoms with van der Waals surface area (Å²) in [6, 6.07) is 11.5. The molecule has 0 radical (unpaired) electrons. The van der Waals surface area contributed by atoms with Gasteiger partial charge in [-0.15, -0.1) is 0 Å². The molecule has 1 aliphatic rings. The molecule has 2 nitrogen and oxygen atoms in total. The third-order valence-electron chi connectivity index (χ3n) is 3.44. The number of hydrogen-bond acceptors (Lipinski definition) is 2. The molecule has 0 amide bonds. The van der Waals surface area contributed by atoms with Gasteiger partial charge in [-0.2, -0.15) is 0 Å². The number of benzene rings is 1. The van der Waals surface area contributed by atoms with Crippen LogP contribution in [0, 0.1) is 0 Å². The normalized spacial score (nSPS) is 22.5. The zero-order valence-corrected chi connectivity index (χ0v) is 11.2. The summed E-state index contributed by atoms with van der Waals surface area (Å²) in [5, 5.41) is 3.54. The van der Waals surface area contributed by atoms with Gasteiger partial charge in [0, 0.05) is 12.6 Å². The SMILES string of the molecule is C=C(C)COCCNC1CC(c2ccccc2)C1. The van der Waals surface area contributed by atoms with E-state index in [0.717, 1.165) is 24.6 Å². The second-order valence-electron chi connectivity index (χ2n) is 5.24. The van der Waals surface area contributed by atoms with Gasteiger partial charge in [0.05, 0.1) is 13.2 Å². The van der Waals surface area contributed by atoms with Crippen molar-refractivity contribution in [3.05, 3.63) is 48.0 Å². The first-order valence-corrected chi connectivity index (χ1v) is 6.76. The molecule has 2 rings (SSSR count). The van der Waals surface area contributed by atoms with Crippen molar-refractivity contribution in [3.63, 3.8) is 0 Å². The molecular formula is C16H23NO. The van der Waals surface area contributed by atoms with E-state index in [1.54, 1.807) is 0 Å². The standard InChI is InChI=1S/C16H23NO/c1-13(2)12-18-9-8-17-16-10-15(11-16)14-6-4-3-5-7-14/h3-7,15-17H,1,8-12H2,2H3. The van der Waals surface area contributed by atoms with Crippen molar-refractivity contribution in [2.24, 2.45) is 0 Å². The van der Waals surface area contributed by atoms with Gasteiger partial charge in [-0.05, 0) is 31.2 Å². The maximum atomic E-state index is 5.46. The molecule has 0 spiro atoms. The molecule has 98 valence electrons. The molecule has 2 heteroatoms. The summed E-state index contributed by atoms with van der Waals surface area (Å²) in [6.07, 6.45) is 2.51. The average molecular weight is 245 g/mol. The van der Waals surface area contributed by atoms with Crippen LogP contribution in [-0.2, 0) is 4.74 Å². The second-order valence-corrected chi connectivity index (χ2v) is 5.24. The summed E-state index contributed by atoms with van der Waals surface area (Å²) in [5.74, 6) is 0.750. The predicted molar refractivity (Wildman–Crippen MR) is 75.8 cm³/mol. The maximum Gasteiger partial charge on any atom is 0.0672 e.